The zero-order chi connectivity index (χ0) is 14.5. The molecule has 0 unspecified atom stereocenters. The highest BCUT2D eigenvalue weighted by atomic mass is 32.2. The first-order chi connectivity index (χ1) is 9.63. The maximum Gasteiger partial charge on any atom is 0.358 e. The first kappa shape index (κ1) is 14.4. The summed E-state index contributed by atoms with van der Waals surface area (Å²) >= 11 is 1.74. The number of aryl methyl sites for hydroxylation is 1. The number of carboxylic acid groups (broad SMARTS) is 1. The summed E-state index contributed by atoms with van der Waals surface area (Å²) in [4.78, 5) is 11.3. The van der Waals surface area contributed by atoms with Gasteiger partial charge in [0, 0.05) is 17.8 Å². The van der Waals surface area contributed by atoms with Gasteiger partial charge < -0.3 is 10.8 Å². The highest BCUT2D eigenvalue weighted by Crippen LogP contribution is 2.23. The molecule has 0 atom stereocenters. The standard InChI is InChI=1S/C13H16N4O2S/c1-20-8-2-7-17-12(11(13(18)19)15-16-17)9-3-5-10(14)6-4-9/h3-6H,2,7-8,14H2,1H3,(H,18,19). The Labute approximate surface area is 121 Å². The second-order valence-corrected chi connectivity index (χ2v) is 5.27. The fourth-order valence-electron chi connectivity index (χ4n) is 1.90. The van der Waals surface area contributed by atoms with Crippen molar-refractivity contribution in [2.45, 2.75) is 13.0 Å². The minimum absolute atomic E-state index is 0.0288. The SMILES string of the molecule is CSCCCn1nnc(C(=O)O)c1-c1ccc(N)cc1. The van der Waals surface area contributed by atoms with Crippen LogP contribution >= 0.6 is 11.8 Å². The molecule has 0 amide bonds. The van der Waals surface area contributed by atoms with E-state index in [0.717, 1.165) is 17.7 Å². The Hall–Kier alpha value is -2.02. The summed E-state index contributed by atoms with van der Waals surface area (Å²) < 4.78 is 1.64. The van der Waals surface area contributed by atoms with Crippen LogP contribution in [0.25, 0.3) is 11.3 Å². The van der Waals surface area contributed by atoms with Crippen LogP contribution in [-0.4, -0.2) is 38.1 Å². The third kappa shape index (κ3) is 3.11. The van der Waals surface area contributed by atoms with Gasteiger partial charge in [-0.3, -0.25) is 0 Å². The summed E-state index contributed by atoms with van der Waals surface area (Å²) in [6.07, 6.45) is 2.94. The smallest absolute Gasteiger partial charge is 0.358 e. The number of hydrogen-bond donors (Lipinski definition) is 2. The van der Waals surface area contributed by atoms with Crippen LogP contribution in [0.2, 0.25) is 0 Å². The maximum atomic E-state index is 11.3. The predicted octanol–water partition coefficient (Wildman–Crippen LogP) is 1.98. The molecule has 0 aliphatic carbocycles. The molecule has 1 aromatic heterocycles. The van der Waals surface area contributed by atoms with Crippen LogP contribution in [0.5, 0.6) is 0 Å². The molecule has 0 aliphatic rings. The van der Waals surface area contributed by atoms with Crippen LogP contribution in [0.15, 0.2) is 24.3 Å². The van der Waals surface area contributed by atoms with Gasteiger partial charge in [-0.2, -0.15) is 11.8 Å². The van der Waals surface area contributed by atoms with Crippen molar-refractivity contribution in [2.24, 2.45) is 0 Å². The van der Waals surface area contributed by atoms with Crippen LogP contribution in [-0.2, 0) is 6.54 Å². The van der Waals surface area contributed by atoms with Gasteiger partial charge in [0.25, 0.3) is 0 Å². The summed E-state index contributed by atoms with van der Waals surface area (Å²) in [5, 5.41) is 16.9. The molecule has 2 rings (SSSR count). The zero-order valence-electron chi connectivity index (χ0n) is 11.1. The summed E-state index contributed by atoms with van der Waals surface area (Å²) in [5.41, 5.74) is 7.54. The summed E-state index contributed by atoms with van der Waals surface area (Å²) in [6, 6.07) is 7.04. The van der Waals surface area contributed by atoms with Gasteiger partial charge in [-0.05, 0) is 30.6 Å². The van der Waals surface area contributed by atoms with Crippen molar-refractivity contribution < 1.29 is 9.90 Å². The monoisotopic (exact) mass is 292 g/mol. The Morgan fingerprint density at radius 3 is 2.70 bits per heavy atom. The van der Waals surface area contributed by atoms with Crippen molar-refractivity contribution in [2.75, 3.05) is 17.7 Å². The van der Waals surface area contributed by atoms with Gasteiger partial charge in [-0.25, -0.2) is 9.48 Å². The summed E-state index contributed by atoms with van der Waals surface area (Å²) in [6.45, 7) is 0.640. The quantitative estimate of drug-likeness (QED) is 0.624. The largest absolute Gasteiger partial charge is 0.476 e. The Morgan fingerprint density at radius 2 is 2.10 bits per heavy atom. The van der Waals surface area contributed by atoms with E-state index < -0.39 is 5.97 Å². The molecule has 0 radical (unpaired) electrons. The average molecular weight is 292 g/mol. The van der Waals surface area contributed by atoms with E-state index in [9.17, 15) is 9.90 Å². The lowest BCUT2D eigenvalue weighted by atomic mass is 10.1. The molecule has 0 bridgehead atoms. The van der Waals surface area contributed by atoms with E-state index in [1.165, 1.54) is 0 Å². The molecule has 0 aliphatic heterocycles. The van der Waals surface area contributed by atoms with Crippen LogP contribution in [0.4, 0.5) is 5.69 Å². The summed E-state index contributed by atoms with van der Waals surface area (Å²) in [5.74, 6) is -0.0865. The van der Waals surface area contributed by atoms with Crippen molar-refractivity contribution in [1.82, 2.24) is 15.0 Å². The van der Waals surface area contributed by atoms with E-state index in [1.54, 1.807) is 40.7 Å². The number of nitrogens with zero attached hydrogens (tertiary/aromatic N) is 3. The van der Waals surface area contributed by atoms with Gasteiger partial charge in [0.1, 0.15) is 5.69 Å². The lowest BCUT2D eigenvalue weighted by molar-refractivity contribution is 0.0691. The van der Waals surface area contributed by atoms with Gasteiger partial charge in [-0.1, -0.05) is 17.3 Å². The van der Waals surface area contributed by atoms with Gasteiger partial charge in [0.15, 0.2) is 5.69 Å². The number of anilines is 1. The highest BCUT2D eigenvalue weighted by Gasteiger charge is 2.20. The average Bonchev–Trinajstić information content (AvgIpc) is 2.84. The molecule has 1 heterocycles. The van der Waals surface area contributed by atoms with E-state index in [2.05, 4.69) is 10.3 Å². The maximum absolute atomic E-state index is 11.3. The number of aromatic nitrogens is 3. The highest BCUT2D eigenvalue weighted by molar-refractivity contribution is 7.98. The van der Waals surface area contributed by atoms with E-state index in [4.69, 9.17) is 5.73 Å². The van der Waals surface area contributed by atoms with Crippen LogP contribution in [0.3, 0.4) is 0 Å². The summed E-state index contributed by atoms with van der Waals surface area (Å²) in [7, 11) is 0. The number of rotatable bonds is 6. The zero-order valence-corrected chi connectivity index (χ0v) is 11.9. The molecule has 0 saturated heterocycles. The third-order valence-corrected chi connectivity index (χ3v) is 3.54. The second-order valence-electron chi connectivity index (χ2n) is 4.28. The molecular weight excluding hydrogens is 276 g/mol. The minimum atomic E-state index is -1.08. The van der Waals surface area contributed by atoms with E-state index in [0.29, 0.717) is 17.9 Å². The fraction of sp³-hybridized carbons (Fsp3) is 0.308. The molecule has 0 fully saturated rings. The van der Waals surface area contributed by atoms with Crippen LogP contribution < -0.4 is 5.73 Å². The van der Waals surface area contributed by atoms with E-state index >= 15 is 0 Å². The Kier molecular flexibility index (Phi) is 4.62. The Balaban J connectivity index is 2.38. The number of carboxylic acids is 1. The minimum Gasteiger partial charge on any atom is -0.476 e. The van der Waals surface area contributed by atoms with Crippen LogP contribution in [0, 0.1) is 0 Å². The molecular formula is C13H16N4O2S. The number of thioether (sulfide) groups is 1. The number of benzene rings is 1. The molecule has 7 heteroatoms. The molecule has 106 valence electrons. The molecule has 6 nitrogen and oxygen atoms in total. The third-order valence-electron chi connectivity index (χ3n) is 2.84. The number of nitrogens with two attached hydrogens (primary N) is 1. The number of carbonyl (C=O) groups is 1. The topological polar surface area (TPSA) is 94.0 Å². The van der Waals surface area contributed by atoms with Gasteiger partial charge in [0.2, 0.25) is 0 Å². The van der Waals surface area contributed by atoms with E-state index in [1.807, 2.05) is 6.26 Å². The predicted molar refractivity (Wildman–Crippen MR) is 79.8 cm³/mol. The molecule has 0 saturated carbocycles. The lowest BCUT2D eigenvalue weighted by Gasteiger charge is -2.07. The number of hydrogen-bond acceptors (Lipinski definition) is 5. The van der Waals surface area contributed by atoms with Crippen LogP contribution in [0.1, 0.15) is 16.9 Å². The second kappa shape index (κ2) is 6.42. The molecule has 2 aromatic rings. The molecule has 3 N–H and O–H groups in total. The fourth-order valence-corrected chi connectivity index (χ4v) is 2.32. The Morgan fingerprint density at radius 1 is 1.40 bits per heavy atom. The number of nitrogen functional groups attached to an aromatic ring is 1. The van der Waals surface area contributed by atoms with Crippen molar-refractivity contribution in [3.63, 3.8) is 0 Å². The van der Waals surface area contributed by atoms with E-state index in [-0.39, 0.29) is 5.69 Å². The van der Waals surface area contributed by atoms with Gasteiger partial charge in [0.05, 0.1) is 0 Å². The van der Waals surface area contributed by atoms with Crippen molar-refractivity contribution in [3.8, 4) is 11.3 Å². The van der Waals surface area contributed by atoms with Crippen molar-refractivity contribution >= 4 is 23.4 Å². The normalized spacial score (nSPS) is 10.7. The first-order valence-electron chi connectivity index (χ1n) is 6.15. The number of aromatic carboxylic acids is 1. The first-order valence-corrected chi connectivity index (χ1v) is 7.54. The van der Waals surface area contributed by atoms with Gasteiger partial charge in [-0.15, -0.1) is 5.10 Å². The van der Waals surface area contributed by atoms with Crippen molar-refractivity contribution in [3.05, 3.63) is 30.0 Å². The molecule has 1 aromatic carbocycles. The van der Waals surface area contributed by atoms with Gasteiger partial charge >= 0.3 is 5.97 Å². The molecule has 0 spiro atoms. The van der Waals surface area contributed by atoms with Crippen molar-refractivity contribution in [1.29, 1.82) is 0 Å². The molecule has 20 heavy (non-hydrogen) atoms. The lowest BCUT2D eigenvalue weighted by Crippen LogP contribution is -2.06. The Bertz CT molecular complexity index is 595.